The second-order valence-corrected chi connectivity index (χ2v) is 6.55. The molecule has 1 aliphatic rings. The minimum atomic E-state index is 0.348. The Labute approximate surface area is 138 Å². The number of nitrogens with zero attached hydrogens (tertiary/aromatic N) is 3. The molecule has 1 aromatic rings. The molecule has 1 N–H and O–H groups in total. The summed E-state index contributed by atoms with van der Waals surface area (Å²) in [4.78, 5) is 11.0. The van der Waals surface area contributed by atoms with Gasteiger partial charge in [0.05, 0.1) is 6.61 Å². The van der Waals surface area contributed by atoms with Gasteiger partial charge in [-0.2, -0.15) is 0 Å². The average molecular weight is 320 g/mol. The Hall–Kier alpha value is -1.82. The summed E-state index contributed by atoms with van der Waals surface area (Å²) in [5, 5.41) is 3.42. The fourth-order valence-electron chi connectivity index (χ4n) is 2.71. The van der Waals surface area contributed by atoms with E-state index in [-0.39, 0.29) is 0 Å². The van der Waals surface area contributed by atoms with Crippen LogP contribution in [0.25, 0.3) is 0 Å². The first kappa shape index (κ1) is 17.5. The number of pyridine rings is 1. The van der Waals surface area contributed by atoms with E-state index in [0.717, 1.165) is 24.6 Å². The summed E-state index contributed by atoms with van der Waals surface area (Å²) < 4.78 is 10.7. The summed E-state index contributed by atoms with van der Waals surface area (Å²) >= 11 is 0. The molecule has 2 heterocycles. The fourth-order valence-corrected chi connectivity index (χ4v) is 2.71. The number of aliphatic imine (C=N–C) groups is 1. The standard InChI is InChI=1S/C17H28N4O2/c1-17(2)7-9-21(13-17)16(18-3)20-12-14-6-5-8-19-15(14)23-11-10-22-4/h5-6,8H,7,9-13H2,1-4H3,(H,18,20). The van der Waals surface area contributed by atoms with Crippen LogP contribution < -0.4 is 10.1 Å². The summed E-state index contributed by atoms with van der Waals surface area (Å²) in [7, 11) is 3.48. The van der Waals surface area contributed by atoms with Crippen LogP contribution >= 0.6 is 0 Å². The number of nitrogens with one attached hydrogen (secondary N) is 1. The van der Waals surface area contributed by atoms with E-state index in [1.54, 1.807) is 13.3 Å². The van der Waals surface area contributed by atoms with E-state index in [4.69, 9.17) is 9.47 Å². The zero-order valence-electron chi connectivity index (χ0n) is 14.6. The van der Waals surface area contributed by atoms with Crippen molar-refractivity contribution >= 4 is 5.96 Å². The van der Waals surface area contributed by atoms with Gasteiger partial charge in [-0.05, 0) is 17.9 Å². The van der Waals surface area contributed by atoms with Gasteiger partial charge in [-0.1, -0.05) is 19.9 Å². The van der Waals surface area contributed by atoms with Crippen molar-refractivity contribution in [1.29, 1.82) is 0 Å². The van der Waals surface area contributed by atoms with Gasteiger partial charge in [0.15, 0.2) is 5.96 Å². The summed E-state index contributed by atoms with van der Waals surface area (Å²) in [6.45, 7) is 8.34. The first-order valence-electron chi connectivity index (χ1n) is 8.07. The van der Waals surface area contributed by atoms with Crippen molar-refractivity contribution < 1.29 is 9.47 Å². The third-order valence-electron chi connectivity index (χ3n) is 4.00. The molecule has 0 saturated carbocycles. The van der Waals surface area contributed by atoms with E-state index >= 15 is 0 Å². The number of methoxy groups -OCH3 is 1. The van der Waals surface area contributed by atoms with Crippen molar-refractivity contribution in [3.8, 4) is 5.88 Å². The fraction of sp³-hybridized carbons (Fsp3) is 0.647. The SMILES string of the molecule is CN=C(NCc1cccnc1OCCOC)N1CCC(C)(C)C1. The molecule has 0 unspecified atom stereocenters. The van der Waals surface area contributed by atoms with E-state index < -0.39 is 0 Å². The number of rotatable bonds is 6. The van der Waals surface area contributed by atoms with Crippen LogP contribution in [0, 0.1) is 5.41 Å². The molecule has 6 nitrogen and oxygen atoms in total. The van der Waals surface area contributed by atoms with Crippen molar-refractivity contribution in [3.05, 3.63) is 23.9 Å². The van der Waals surface area contributed by atoms with E-state index in [1.807, 2.05) is 19.2 Å². The lowest BCUT2D eigenvalue weighted by Gasteiger charge is -2.24. The van der Waals surface area contributed by atoms with Crippen molar-refractivity contribution in [3.63, 3.8) is 0 Å². The number of hydrogen-bond acceptors (Lipinski definition) is 4. The van der Waals surface area contributed by atoms with Gasteiger partial charge in [0, 0.05) is 45.6 Å². The molecule has 0 bridgehead atoms. The molecule has 0 aromatic carbocycles. The molecule has 1 aromatic heterocycles. The van der Waals surface area contributed by atoms with E-state index in [1.165, 1.54) is 6.42 Å². The van der Waals surface area contributed by atoms with Gasteiger partial charge in [-0.15, -0.1) is 0 Å². The number of ether oxygens (including phenoxy) is 2. The Balaban J connectivity index is 1.94. The molecule has 1 fully saturated rings. The smallest absolute Gasteiger partial charge is 0.218 e. The van der Waals surface area contributed by atoms with Crippen LogP contribution in [0.5, 0.6) is 5.88 Å². The molecule has 23 heavy (non-hydrogen) atoms. The highest BCUT2D eigenvalue weighted by Gasteiger charge is 2.30. The normalized spacial score (nSPS) is 17.4. The first-order valence-corrected chi connectivity index (χ1v) is 8.07. The highest BCUT2D eigenvalue weighted by atomic mass is 16.5. The predicted octanol–water partition coefficient (Wildman–Crippen LogP) is 1.91. The van der Waals surface area contributed by atoms with Crippen LogP contribution in [0.1, 0.15) is 25.8 Å². The van der Waals surface area contributed by atoms with E-state index in [2.05, 4.69) is 34.0 Å². The summed E-state index contributed by atoms with van der Waals surface area (Å²) in [6, 6.07) is 3.94. The van der Waals surface area contributed by atoms with Crippen molar-refractivity contribution in [2.24, 2.45) is 10.4 Å². The Morgan fingerprint density at radius 1 is 1.43 bits per heavy atom. The van der Waals surface area contributed by atoms with Gasteiger partial charge in [0.1, 0.15) is 6.61 Å². The molecule has 0 spiro atoms. The van der Waals surface area contributed by atoms with Gasteiger partial charge >= 0.3 is 0 Å². The van der Waals surface area contributed by atoms with Gasteiger partial charge in [0.25, 0.3) is 0 Å². The zero-order valence-corrected chi connectivity index (χ0v) is 14.6. The molecule has 0 atom stereocenters. The zero-order chi connectivity index (χ0) is 16.7. The number of aromatic nitrogens is 1. The van der Waals surface area contributed by atoms with E-state index in [9.17, 15) is 0 Å². The molecule has 1 aliphatic heterocycles. The molecule has 0 amide bonds. The Morgan fingerprint density at radius 2 is 2.26 bits per heavy atom. The molecule has 2 rings (SSSR count). The summed E-state index contributed by atoms with van der Waals surface area (Å²) in [5.74, 6) is 1.58. The quantitative estimate of drug-likeness (QED) is 0.493. The monoisotopic (exact) mass is 320 g/mol. The second-order valence-electron chi connectivity index (χ2n) is 6.55. The summed E-state index contributed by atoms with van der Waals surface area (Å²) in [5.41, 5.74) is 1.36. The van der Waals surface area contributed by atoms with Crippen LogP contribution in [-0.4, -0.2) is 56.3 Å². The van der Waals surface area contributed by atoms with E-state index in [0.29, 0.717) is 31.1 Å². The lowest BCUT2D eigenvalue weighted by atomic mass is 9.93. The van der Waals surface area contributed by atoms with Crippen LogP contribution in [0.15, 0.2) is 23.3 Å². The first-order chi connectivity index (χ1) is 11.1. The Kier molecular flexibility index (Phi) is 6.21. The molecular formula is C17H28N4O2. The molecule has 1 saturated heterocycles. The highest BCUT2D eigenvalue weighted by molar-refractivity contribution is 5.80. The third-order valence-corrected chi connectivity index (χ3v) is 4.00. The highest BCUT2D eigenvalue weighted by Crippen LogP contribution is 2.28. The molecule has 128 valence electrons. The van der Waals surface area contributed by atoms with Crippen molar-refractivity contribution in [2.75, 3.05) is 40.5 Å². The van der Waals surface area contributed by atoms with Gasteiger partial charge in [-0.3, -0.25) is 4.99 Å². The van der Waals surface area contributed by atoms with Crippen molar-refractivity contribution in [1.82, 2.24) is 15.2 Å². The largest absolute Gasteiger partial charge is 0.475 e. The minimum absolute atomic E-state index is 0.348. The predicted molar refractivity (Wildman–Crippen MR) is 91.8 cm³/mol. The number of likely N-dealkylation sites (tertiary alicyclic amines) is 1. The average Bonchev–Trinajstić information content (AvgIpc) is 2.89. The van der Waals surface area contributed by atoms with Crippen LogP contribution in [0.2, 0.25) is 0 Å². The molecule has 0 aliphatic carbocycles. The molecular weight excluding hydrogens is 292 g/mol. The number of guanidine groups is 1. The van der Waals surface area contributed by atoms with Gasteiger partial charge in [0.2, 0.25) is 5.88 Å². The lowest BCUT2D eigenvalue weighted by molar-refractivity contribution is 0.143. The Bertz CT molecular complexity index is 531. The molecule has 6 heteroatoms. The second kappa shape index (κ2) is 8.15. The molecule has 0 radical (unpaired) electrons. The maximum atomic E-state index is 5.67. The Morgan fingerprint density at radius 3 is 2.91 bits per heavy atom. The third kappa shape index (κ3) is 5.10. The number of hydrogen-bond donors (Lipinski definition) is 1. The maximum Gasteiger partial charge on any atom is 0.218 e. The van der Waals surface area contributed by atoms with Crippen LogP contribution in [0.3, 0.4) is 0 Å². The van der Waals surface area contributed by atoms with Crippen molar-refractivity contribution in [2.45, 2.75) is 26.8 Å². The minimum Gasteiger partial charge on any atom is -0.475 e. The maximum absolute atomic E-state index is 5.67. The van der Waals surface area contributed by atoms with Gasteiger partial charge < -0.3 is 19.7 Å². The summed E-state index contributed by atoms with van der Waals surface area (Å²) in [6.07, 6.45) is 2.93. The van der Waals surface area contributed by atoms with Gasteiger partial charge in [-0.25, -0.2) is 4.98 Å². The van der Waals surface area contributed by atoms with Crippen LogP contribution in [0.4, 0.5) is 0 Å². The topological polar surface area (TPSA) is 59.0 Å². The van der Waals surface area contributed by atoms with Crippen LogP contribution in [-0.2, 0) is 11.3 Å². The lowest BCUT2D eigenvalue weighted by Crippen LogP contribution is -2.40.